The number of benzene rings is 1. The van der Waals surface area contributed by atoms with Crippen LogP contribution in [-0.4, -0.2) is 304 Å². The van der Waals surface area contributed by atoms with E-state index in [0.717, 1.165) is 5.69 Å². The fourth-order valence-corrected chi connectivity index (χ4v) is 12.6. The second-order valence-corrected chi connectivity index (χ2v) is 27.6. The largest absolute Gasteiger partial charge is 0.481 e. The van der Waals surface area contributed by atoms with Gasteiger partial charge in [0.15, 0.2) is 24.0 Å². The number of aliphatic hydroxyl groups excluding tert-OH is 10. The lowest BCUT2D eigenvalue weighted by Gasteiger charge is -2.47. The van der Waals surface area contributed by atoms with E-state index < -0.39 is 208 Å². The quantitative estimate of drug-likeness (QED) is 0.0537. The van der Waals surface area contributed by atoms with Crippen molar-refractivity contribution in [2.75, 3.05) is 65.8 Å². The van der Waals surface area contributed by atoms with Crippen molar-refractivity contribution in [3.05, 3.63) is 115 Å². The molecule has 608 valence electrons. The number of piperazine rings is 1. The second kappa shape index (κ2) is 49.7. The molecule has 4 aliphatic rings. The number of β-amino-alcohol motifs (C(OH)–C–C–N with tert-alkyl or cyclic N) is 1. The van der Waals surface area contributed by atoms with Crippen LogP contribution < -0.4 is 21.7 Å². The summed E-state index contributed by atoms with van der Waals surface area (Å²) in [6.45, 7) is 7.13. The number of Topliss-reactive ketones (excluding diaryl/α,β-unsaturated/α-hetero) is 2. The van der Waals surface area contributed by atoms with Crippen LogP contribution in [0.3, 0.4) is 0 Å². The van der Waals surface area contributed by atoms with Gasteiger partial charge in [0.1, 0.15) is 36.1 Å². The van der Waals surface area contributed by atoms with Crippen LogP contribution in [0.4, 0.5) is 5.69 Å². The summed E-state index contributed by atoms with van der Waals surface area (Å²) >= 11 is 0. The monoisotopic (exact) mass is 1530 g/mol. The van der Waals surface area contributed by atoms with E-state index in [4.69, 9.17) is 39.4 Å². The van der Waals surface area contributed by atoms with Crippen LogP contribution >= 0.6 is 0 Å². The number of ether oxygens (including phenoxy) is 4. The maximum atomic E-state index is 14.5. The summed E-state index contributed by atoms with van der Waals surface area (Å²) in [5.74, 6) is -10.9. The Kier molecular flexibility index (Phi) is 43.7. The number of carboxylic acids is 4. The van der Waals surface area contributed by atoms with Gasteiger partial charge in [0.2, 0.25) is 5.91 Å². The topological polar surface area (TPSA) is 547 Å². The third kappa shape index (κ3) is 35.6. The minimum atomic E-state index is -2.29. The second-order valence-electron chi connectivity index (χ2n) is 27.6. The molecule has 1 aromatic carbocycles. The number of amides is 1. The van der Waals surface area contributed by atoms with Gasteiger partial charge in [-0.05, 0) is 83.3 Å². The van der Waals surface area contributed by atoms with Gasteiger partial charge in [0, 0.05) is 95.5 Å². The summed E-state index contributed by atoms with van der Waals surface area (Å²) in [5, 5.41) is 162. The van der Waals surface area contributed by atoms with E-state index in [2.05, 4.69) is 21.7 Å². The number of aliphatic hydroxyl groups is 11. The molecule has 16 unspecified atom stereocenters. The number of carbonyl (C=O) groups excluding carboxylic acids is 4. The number of hydrogen-bond donors (Lipinski definition) is 19. The number of nitrogens with zero attached hydrogens (tertiary/aromatic N) is 2. The highest BCUT2D eigenvalue weighted by Gasteiger charge is 2.52. The van der Waals surface area contributed by atoms with Gasteiger partial charge < -0.3 is 122 Å². The van der Waals surface area contributed by atoms with Gasteiger partial charge in [-0.1, -0.05) is 98.9 Å². The average Bonchev–Trinajstić information content (AvgIpc) is 0.784. The lowest BCUT2D eigenvalue weighted by molar-refractivity contribution is -0.488. The first-order chi connectivity index (χ1) is 51.0. The zero-order valence-electron chi connectivity index (χ0n) is 62.3. The fraction of sp³-hybridized carbons (Fsp3) is 0.627. The molecule has 4 heterocycles. The summed E-state index contributed by atoms with van der Waals surface area (Å²) < 4.78 is 24.6. The summed E-state index contributed by atoms with van der Waals surface area (Å²) in [5.41, 5.74) is 5.22. The highest BCUT2D eigenvalue weighted by molar-refractivity contribution is 5.96. The number of anilines is 1. The van der Waals surface area contributed by atoms with Gasteiger partial charge in [-0.25, -0.2) is 0 Å². The van der Waals surface area contributed by atoms with Crippen molar-refractivity contribution in [1.29, 1.82) is 0 Å². The number of allylic oxidation sites excluding steroid dienone is 12. The highest BCUT2D eigenvalue weighted by Crippen LogP contribution is 2.39. The number of cyclic esters (lactones) is 1. The van der Waals surface area contributed by atoms with Crippen molar-refractivity contribution in [3.8, 4) is 0 Å². The van der Waals surface area contributed by atoms with E-state index in [1.54, 1.807) is 116 Å². The number of ketones is 2. The maximum absolute atomic E-state index is 14.5. The van der Waals surface area contributed by atoms with E-state index >= 15 is 0 Å². The van der Waals surface area contributed by atoms with Crippen molar-refractivity contribution in [2.24, 2.45) is 17.8 Å². The minimum absolute atomic E-state index is 0.0633. The van der Waals surface area contributed by atoms with Crippen molar-refractivity contribution >= 4 is 53.0 Å². The van der Waals surface area contributed by atoms with Gasteiger partial charge in [-0.3, -0.25) is 43.3 Å². The Morgan fingerprint density at radius 3 is 1.65 bits per heavy atom. The number of quaternary nitrogens is 1. The molecule has 5 rings (SSSR count). The van der Waals surface area contributed by atoms with Crippen LogP contribution in [0.1, 0.15) is 121 Å². The molecule has 1 aromatic rings. The molecule has 21 N–H and O–H groups in total. The maximum Gasteiger partial charge on any atom is 0.321 e. The van der Waals surface area contributed by atoms with Crippen LogP contribution in [-0.2, 0) is 52.5 Å². The molecular weight excluding hydrogens is 1420 g/mol. The van der Waals surface area contributed by atoms with Crippen molar-refractivity contribution in [1.82, 2.24) is 20.4 Å². The fourth-order valence-electron chi connectivity index (χ4n) is 12.6. The number of carbonyl (C=O) groups is 8. The molecule has 0 spiro atoms. The van der Waals surface area contributed by atoms with Gasteiger partial charge in [0.05, 0.1) is 92.8 Å². The first kappa shape index (κ1) is 94.8. The summed E-state index contributed by atoms with van der Waals surface area (Å²) in [4.78, 5) is 97.7. The Labute approximate surface area is 629 Å². The zero-order valence-corrected chi connectivity index (χ0v) is 62.3. The number of rotatable bonds is 21. The van der Waals surface area contributed by atoms with Crippen molar-refractivity contribution in [3.63, 3.8) is 0 Å². The molecule has 3 fully saturated rings. The molecule has 1 amide bonds. The van der Waals surface area contributed by atoms with Crippen LogP contribution in [0.25, 0.3) is 0 Å². The van der Waals surface area contributed by atoms with Crippen LogP contribution in [0.5, 0.6) is 0 Å². The van der Waals surface area contributed by atoms with Crippen LogP contribution in [0.15, 0.2) is 109 Å². The number of nitrogens with one attached hydrogen (secondary N) is 3. The number of likely N-dealkylation sites (N-methyl/N-ethyl adjacent to an activating group) is 2. The standard InChI is InChI=1S/C65H98N4O19.2C5H9NO4/c1-41-17-15-13-11-9-7-5-6-8-10-12-14-16-18-53(86-64-61(82)59(66)60(81)43(3)85-64)38-56-58(63(83)69-27-25-68(26-28-69)29-30-70)55(79)40-65(84,88-56)39-52(77)35-50(75)33-48(73)31-47(72)32-49(74)34-51(76)37-57(80)87-62(41)42(2)19-24-46(71)36-54(78)44-20-22-45(67-4)23-21-44;2*1-6-3(5(9)10)2-4(7)8/h5-18,20-23,41-43,46-48,50-53,55-56,58-62,64,67,70-73,75-77,79,81-82,84H,19,24-40,66H2,1-4H3;2*3,6H,2H2,1H3,(H,7,8)(H,9,10)/p+1/b6-5+,9-7+,10-8+,13-11+,14-12+,17-15+,18-16+;;/t41?,42?,43-,46?,47?,48?,50?,51?,52?,53?,55?,56?,58?,59+,60-,61+,62?,64+,65?;;/m1../s1. The zero-order chi connectivity index (χ0) is 80.8. The number of fused-ring (bicyclic) bond motifs is 2. The minimum Gasteiger partial charge on any atom is -0.481 e. The van der Waals surface area contributed by atoms with Gasteiger partial charge in [0.25, 0.3) is 0 Å². The molecule has 0 radical (unpaired) electrons. The van der Waals surface area contributed by atoms with E-state index in [1.165, 1.54) is 14.1 Å². The highest BCUT2D eigenvalue weighted by atomic mass is 16.7. The Hall–Kier alpha value is -7.36. The molecule has 33 heteroatoms. The first-order valence-corrected chi connectivity index (χ1v) is 36.3. The number of aliphatic carboxylic acids is 4. The molecule has 21 atom stereocenters. The molecule has 4 aliphatic heterocycles. The predicted molar refractivity (Wildman–Crippen MR) is 392 cm³/mol. The summed E-state index contributed by atoms with van der Waals surface area (Å²) in [6.07, 6.45) is 2.95. The summed E-state index contributed by atoms with van der Waals surface area (Å²) in [7, 11) is 4.58. The molecule has 3 saturated heterocycles. The molecule has 2 bridgehead atoms. The Morgan fingerprint density at radius 1 is 0.639 bits per heavy atom. The Bertz CT molecular complexity index is 3110. The number of esters is 1. The molecular formula is C75H117N6O27+. The SMILES string of the molecule is CNC(CC(=O)O)C(=O)O.CNC(CC(=O)O)C(=O)O.CNc1ccc(C(=O)CC(O)CCC(C)C2OC(=O)CC(O)CC(=O)CC(O)CC(O)CC(O)CC(O)CC3(O)CC(O)C(C(=O)N4CCN(CCO)CC4)C(CC(O[C@@H]4O[C@H](C)[C@@H](O)[C@H]([NH3+])[C@@H]4O)/C=C/C=C/C=C/C=C/C=C/C=C/C=C/C2C)O3)cc1. The lowest BCUT2D eigenvalue weighted by atomic mass is 9.81. The lowest BCUT2D eigenvalue weighted by Crippen LogP contribution is -2.78. The predicted octanol–water partition coefficient (Wildman–Crippen LogP) is -0.652. The third-order valence-electron chi connectivity index (χ3n) is 18.6. The molecule has 0 aliphatic carbocycles. The van der Waals surface area contributed by atoms with E-state index in [9.17, 15) is 94.5 Å². The number of hydrogen-bond acceptors (Lipinski definition) is 27. The van der Waals surface area contributed by atoms with Crippen molar-refractivity contribution in [2.45, 2.75) is 220 Å². The van der Waals surface area contributed by atoms with Gasteiger partial charge in [-0.15, -0.1) is 0 Å². The molecule has 0 saturated carbocycles. The molecule has 0 aromatic heterocycles. The first-order valence-electron chi connectivity index (χ1n) is 36.3. The average molecular weight is 1530 g/mol. The molecule has 33 nitrogen and oxygen atoms in total. The number of carboxylic acid groups (broad SMARTS) is 4. The molecule has 108 heavy (non-hydrogen) atoms. The van der Waals surface area contributed by atoms with E-state index in [0.29, 0.717) is 31.6 Å². The van der Waals surface area contributed by atoms with E-state index in [-0.39, 0.29) is 69.4 Å². The van der Waals surface area contributed by atoms with Gasteiger partial charge in [-0.2, -0.15) is 0 Å². The van der Waals surface area contributed by atoms with Gasteiger partial charge >= 0.3 is 29.8 Å². The summed E-state index contributed by atoms with van der Waals surface area (Å²) in [6, 6.07) is 4.04. The Morgan fingerprint density at radius 2 is 1.15 bits per heavy atom. The van der Waals surface area contributed by atoms with Crippen LogP contribution in [0.2, 0.25) is 0 Å². The smallest absolute Gasteiger partial charge is 0.321 e. The Balaban J connectivity index is 0.00000132. The third-order valence-corrected chi connectivity index (χ3v) is 18.6. The van der Waals surface area contributed by atoms with E-state index in [1.807, 2.05) is 30.9 Å². The van der Waals surface area contributed by atoms with Crippen LogP contribution in [0, 0.1) is 17.8 Å². The normalized spacial score (nSPS) is 32.4. The van der Waals surface area contributed by atoms with Crippen molar-refractivity contribution < 1.29 is 140 Å².